The van der Waals surface area contributed by atoms with Gasteiger partial charge >= 0.3 is 0 Å². The van der Waals surface area contributed by atoms with Crippen LogP contribution in [0.15, 0.2) is 42.7 Å². The van der Waals surface area contributed by atoms with E-state index in [0.29, 0.717) is 17.9 Å². The number of pyridine rings is 1. The van der Waals surface area contributed by atoms with E-state index in [1.807, 2.05) is 18.2 Å². The molecule has 2 rings (SSSR count). The number of hydrogen-bond acceptors (Lipinski definition) is 2. The molecule has 0 aliphatic rings. The van der Waals surface area contributed by atoms with Crippen LogP contribution in [0.5, 0.6) is 0 Å². The van der Waals surface area contributed by atoms with Crippen molar-refractivity contribution in [3.05, 3.63) is 64.4 Å². The highest BCUT2D eigenvalue weighted by molar-refractivity contribution is 6.31. The molecule has 0 bridgehead atoms. The van der Waals surface area contributed by atoms with Gasteiger partial charge in [-0.15, -0.1) is 0 Å². The molecule has 0 saturated carbocycles. The van der Waals surface area contributed by atoms with E-state index in [1.165, 1.54) is 5.56 Å². The summed E-state index contributed by atoms with van der Waals surface area (Å²) in [5.41, 5.74) is 3.30. The second-order valence-electron chi connectivity index (χ2n) is 4.51. The minimum atomic E-state index is -0.424. The minimum absolute atomic E-state index is 0.424. The molecule has 0 fully saturated rings. The Morgan fingerprint density at radius 2 is 1.89 bits per heavy atom. The maximum absolute atomic E-state index is 10.1. The SMILES string of the molecule is Cc1ccc(CC(O)Cc2ccncc2Cl)cc1. The average Bonchev–Trinajstić information content (AvgIpc) is 2.35. The summed E-state index contributed by atoms with van der Waals surface area (Å²) < 4.78 is 0. The molecule has 0 aliphatic heterocycles. The zero-order chi connectivity index (χ0) is 13.0. The molecular weight excluding hydrogens is 246 g/mol. The molecule has 1 N–H and O–H groups in total. The van der Waals surface area contributed by atoms with Gasteiger partial charge in [-0.05, 0) is 30.5 Å². The fraction of sp³-hybridized carbons (Fsp3) is 0.267. The van der Waals surface area contributed by atoms with Crippen LogP contribution in [-0.4, -0.2) is 16.2 Å². The maximum atomic E-state index is 10.1. The van der Waals surface area contributed by atoms with Gasteiger partial charge in [0.2, 0.25) is 0 Å². The van der Waals surface area contributed by atoms with Crippen molar-refractivity contribution in [1.29, 1.82) is 0 Å². The summed E-state index contributed by atoms with van der Waals surface area (Å²) >= 11 is 6.02. The van der Waals surface area contributed by atoms with Crippen LogP contribution < -0.4 is 0 Å². The number of rotatable bonds is 4. The Hall–Kier alpha value is -1.38. The van der Waals surface area contributed by atoms with E-state index in [0.717, 1.165) is 11.1 Å². The summed E-state index contributed by atoms with van der Waals surface area (Å²) in [5, 5.41) is 10.7. The van der Waals surface area contributed by atoms with Crippen molar-refractivity contribution in [1.82, 2.24) is 4.98 Å². The lowest BCUT2D eigenvalue weighted by Crippen LogP contribution is -2.14. The van der Waals surface area contributed by atoms with Gasteiger partial charge in [-0.2, -0.15) is 0 Å². The molecule has 18 heavy (non-hydrogen) atoms. The van der Waals surface area contributed by atoms with Crippen molar-refractivity contribution in [3.8, 4) is 0 Å². The van der Waals surface area contributed by atoms with Crippen LogP contribution in [0.1, 0.15) is 16.7 Å². The highest BCUT2D eigenvalue weighted by Crippen LogP contribution is 2.17. The van der Waals surface area contributed by atoms with Gasteiger partial charge < -0.3 is 5.11 Å². The lowest BCUT2D eigenvalue weighted by molar-refractivity contribution is 0.175. The summed E-state index contributed by atoms with van der Waals surface area (Å²) in [5.74, 6) is 0. The lowest BCUT2D eigenvalue weighted by atomic mass is 10.0. The number of hydrogen-bond donors (Lipinski definition) is 1. The molecule has 0 saturated heterocycles. The molecule has 2 aromatic rings. The van der Waals surface area contributed by atoms with Crippen molar-refractivity contribution in [2.75, 3.05) is 0 Å². The summed E-state index contributed by atoms with van der Waals surface area (Å²) in [6, 6.07) is 10.1. The summed E-state index contributed by atoms with van der Waals surface area (Å²) in [6.45, 7) is 2.05. The van der Waals surface area contributed by atoms with Gasteiger partial charge in [0.1, 0.15) is 0 Å². The number of aryl methyl sites for hydroxylation is 1. The Kier molecular flexibility index (Phi) is 4.34. The Bertz CT molecular complexity index is 510. The third kappa shape index (κ3) is 3.56. The van der Waals surface area contributed by atoms with E-state index in [4.69, 9.17) is 11.6 Å². The molecule has 1 unspecified atom stereocenters. The third-order valence-corrected chi connectivity index (χ3v) is 3.24. The zero-order valence-electron chi connectivity index (χ0n) is 10.3. The molecule has 1 aromatic carbocycles. The predicted molar refractivity (Wildman–Crippen MR) is 73.8 cm³/mol. The van der Waals surface area contributed by atoms with Crippen molar-refractivity contribution < 1.29 is 5.11 Å². The first-order valence-corrected chi connectivity index (χ1v) is 6.35. The molecule has 0 aliphatic carbocycles. The molecular formula is C15H16ClNO. The molecule has 94 valence electrons. The van der Waals surface area contributed by atoms with Crippen LogP contribution >= 0.6 is 11.6 Å². The predicted octanol–water partition coefficient (Wildman–Crippen LogP) is 3.19. The summed E-state index contributed by atoms with van der Waals surface area (Å²) in [6.07, 6.45) is 4.07. The highest BCUT2D eigenvalue weighted by Gasteiger charge is 2.09. The monoisotopic (exact) mass is 261 g/mol. The number of aromatic nitrogens is 1. The van der Waals surface area contributed by atoms with Gasteiger partial charge in [-0.1, -0.05) is 41.4 Å². The zero-order valence-corrected chi connectivity index (χ0v) is 11.1. The van der Waals surface area contributed by atoms with Crippen LogP contribution in [0, 0.1) is 6.92 Å². The fourth-order valence-corrected chi connectivity index (χ4v) is 2.09. The Balaban J connectivity index is 1.99. The van der Waals surface area contributed by atoms with E-state index in [1.54, 1.807) is 12.4 Å². The number of aliphatic hydroxyl groups is 1. The van der Waals surface area contributed by atoms with Crippen molar-refractivity contribution >= 4 is 11.6 Å². The fourth-order valence-electron chi connectivity index (χ4n) is 1.89. The molecule has 1 atom stereocenters. The standard InChI is InChI=1S/C15H16ClNO/c1-11-2-4-12(5-3-11)8-14(18)9-13-6-7-17-10-15(13)16/h2-7,10,14,18H,8-9H2,1H3. The second kappa shape index (κ2) is 5.98. The molecule has 2 nitrogen and oxygen atoms in total. The normalized spacial score (nSPS) is 12.4. The van der Waals surface area contributed by atoms with Crippen LogP contribution in [0.4, 0.5) is 0 Å². The first kappa shape index (κ1) is 13.1. The van der Waals surface area contributed by atoms with Crippen LogP contribution in [0.25, 0.3) is 0 Å². The minimum Gasteiger partial charge on any atom is -0.392 e. The topological polar surface area (TPSA) is 33.1 Å². The van der Waals surface area contributed by atoms with Crippen molar-refractivity contribution in [2.24, 2.45) is 0 Å². The Morgan fingerprint density at radius 3 is 2.56 bits per heavy atom. The van der Waals surface area contributed by atoms with Crippen LogP contribution in [-0.2, 0) is 12.8 Å². The van der Waals surface area contributed by atoms with Gasteiger partial charge in [0.15, 0.2) is 0 Å². The van der Waals surface area contributed by atoms with E-state index < -0.39 is 6.10 Å². The molecule has 0 amide bonds. The molecule has 0 radical (unpaired) electrons. The molecule has 3 heteroatoms. The number of aliphatic hydroxyl groups excluding tert-OH is 1. The van der Waals surface area contributed by atoms with Gasteiger partial charge in [0.05, 0.1) is 11.1 Å². The molecule has 1 aromatic heterocycles. The van der Waals surface area contributed by atoms with Crippen molar-refractivity contribution in [2.45, 2.75) is 25.9 Å². The summed E-state index contributed by atoms with van der Waals surface area (Å²) in [7, 11) is 0. The van der Waals surface area contributed by atoms with Gasteiger partial charge in [-0.25, -0.2) is 0 Å². The van der Waals surface area contributed by atoms with E-state index in [-0.39, 0.29) is 0 Å². The highest BCUT2D eigenvalue weighted by atomic mass is 35.5. The number of halogens is 1. The van der Waals surface area contributed by atoms with E-state index in [2.05, 4.69) is 24.0 Å². The Morgan fingerprint density at radius 1 is 1.17 bits per heavy atom. The van der Waals surface area contributed by atoms with Gasteiger partial charge in [0.25, 0.3) is 0 Å². The average molecular weight is 262 g/mol. The largest absolute Gasteiger partial charge is 0.392 e. The Labute approximate surface area is 112 Å². The molecule has 0 spiro atoms. The number of nitrogens with zero attached hydrogens (tertiary/aromatic N) is 1. The lowest BCUT2D eigenvalue weighted by Gasteiger charge is -2.11. The van der Waals surface area contributed by atoms with Crippen LogP contribution in [0.3, 0.4) is 0 Å². The first-order valence-electron chi connectivity index (χ1n) is 5.97. The maximum Gasteiger partial charge on any atom is 0.0622 e. The van der Waals surface area contributed by atoms with Gasteiger partial charge in [-0.3, -0.25) is 4.98 Å². The van der Waals surface area contributed by atoms with E-state index >= 15 is 0 Å². The van der Waals surface area contributed by atoms with Crippen LogP contribution in [0.2, 0.25) is 5.02 Å². The third-order valence-electron chi connectivity index (χ3n) is 2.90. The second-order valence-corrected chi connectivity index (χ2v) is 4.92. The van der Waals surface area contributed by atoms with Crippen molar-refractivity contribution in [3.63, 3.8) is 0 Å². The smallest absolute Gasteiger partial charge is 0.0622 e. The first-order chi connectivity index (χ1) is 8.65. The molecule has 1 heterocycles. The summed E-state index contributed by atoms with van der Waals surface area (Å²) in [4.78, 5) is 3.93. The van der Waals surface area contributed by atoms with Gasteiger partial charge in [0, 0.05) is 18.8 Å². The van der Waals surface area contributed by atoms with E-state index in [9.17, 15) is 5.11 Å². The number of benzene rings is 1. The quantitative estimate of drug-likeness (QED) is 0.917.